The topological polar surface area (TPSA) is 101 Å². The number of amides is 1. The Balaban J connectivity index is 0.00000294. The summed E-state index contributed by atoms with van der Waals surface area (Å²) in [5, 5.41) is 2.97. The van der Waals surface area contributed by atoms with Gasteiger partial charge in [0.05, 0.1) is 16.0 Å². The zero-order valence-corrected chi connectivity index (χ0v) is 21.3. The zero-order valence-electron chi connectivity index (χ0n) is 20.5. The quantitative estimate of drug-likeness (QED) is 0.530. The highest BCUT2D eigenvalue weighted by atomic mass is 32.2. The number of rotatable bonds is 6. The molecular weight excluding hydrogens is 492 g/mol. The summed E-state index contributed by atoms with van der Waals surface area (Å²) in [6, 6.07) is 17.8. The van der Waals surface area contributed by atoms with Crippen LogP contribution in [0.4, 0.5) is 5.82 Å². The third-order valence-electron chi connectivity index (χ3n) is 7.35. The molecule has 3 heterocycles. The lowest BCUT2D eigenvalue weighted by molar-refractivity contribution is -0.118. The summed E-state index contributed by atoms with van der Waals surface area (Å²) in [5.74, 6) is 1.69. The Morgan fingerprint density at radius 3 is 2.43 bits per heavy atom. The number of piperazine rings is 1. The number of nitrogens with zero attached hydrogens (tertiary/aromatic N) is 3. The van der Waals surface area contributed by atoms with E-state index >= 15 is 0 Å². The molecule has 1 amide bonds. The number of ether oxygens (including phenoxy) is 2. The van der Waals surface area contributed by atoms with Crippen molar-refractivity contribution in [3.63, 3.8) is 0 Å². The first-order chi connectivity index (χ1) is 17.8. The van der Waals surface area contributed by atoms with Gasteiger partial charge in [-0.2, -0.15) is 4.31 Å². The van der Waals surface area contributed by atoms with Crippen LogP contribution in [0.2, 0.25) is 0 Å². The molecule has 9 nitrogen and oxygen atoms in total. The summed E-state index contributed by atoms with van der Waals surface area (Å²) >= 11 is 0. The molecule has 2 aromatic carbocycles. The molecule has 1 N–H and O–H groups in total. The van der Waals surface area contributed by atoms with Gasteiger partial charge in [0.1, 0.15) is 5.82 Å². The Morgan fingerprint density at radius 2 is 1.70 bits per heavy atom. The fraction of sp³-hybridized carbons (Fsp3) is 0.333. The molecule has 0 unspecified atom stereocenters. The van der Waals surface area contributed by atoms with Crippen LogP contribution in [0.3, 0.4) is 0 Å². The van der Waals surface area contributed by atoms with Gasteiger partial charge in [-0.05, 0) is 61.9 Å². The molecule has 0 radical (unpaired) electrons. The average molecular weight is 523 g/mol. The molecule has 6 rings (SSSR count). The fourth-order valence-corrected chi connectivity index (χ4v) is 6.26. The van der Waals surface area contributed by atoms with E-state index in [1.165, 1.54) is 4.31 Å². The van der Waals surface area contributed by atoms with E-state index in [1.54, 1.807) is 30.3 Å². The van der Waals surface area contributed by atoms with Crippen molar-refractivity contribution in [2.75, 3.05) is 45.3 Å². The Bertz CT molecular complexity index is 1450. The van der Waals surface area contributed by atoms with Crippen LogP contribution in [0, 0.1) is 0 Å². The number of pyridine rings is 1. The number of hydrogen-bond acceptors (Lipinski definition) is 7. The van der Waals surface area contributed by atoms with E-state index in [0.29, 0.717) is 36.1 Å². The second-order valence-electron chi connectivity index (χ2n) is 9.74. The van der Waals surface area contributed by atoms with Crippen LogP contribution in [0.25, 0.3) is 11.3 Å². The van der Waals surface area contributed by atoms with Gasteiger partial charge in [-0.25, -0.2) is 13.4 Å². The van der Waals surface area contributed by atoms with Crippen LogP contribution in [0.1, 0.15) is 19.8 Å². The van der Waals surface area contributed by atoms with E-state index in [2.05, 4.69) is 15.2 Å². The zero-order chi connectivity index (χ0) is 25.6. The fourth-order valence-electron chi connectivity index (χ4n) is 4.84. The number of aromatic nitrogens is 1. The predicted octanol–water partition coefficient (Wildman–Crippen LogP) is 3.33. The van der Waals surface area contributed by atoms with Crippen LogP contribution < -0.4 is 14.8 Å². The lowest BCUT2D eigenvalue weighted by Gasteiger charge is -2.31. The number of hydrogen-bond donors (Lipinski definition) is 1. The summed E-state index contributed by atoms with van der Waals surface area (Å²) in [6.45, 7) is 2.60. The van der Waals surface area contributed by atoms with Crippen LogP contribution in [-0.4, -0.2) is 68.5 Å². The monoisotopic (exact) mass is 522 g/mol. The van der Waals surface area contributed by atoms with Crippen molar-refractivity contribution >= 4 is 21.7 Å². The van der Waals surface area contributed by atoms with Crippen molar-refractivity contribution < 1.29 is 24.1 Å². The molecule has 194 valence electrons. The van der Waals surface area contributed by atoms with Crippen molar-refractivity contribution in [2.45, 2.75) is 23.2 Å². The van der Waals surface area contributed by atoms with Gasteiger partial charge in [-0.1, -0.05) is 24.3 Å². The largest absolute Gasteiger partial charge is 0.454 e. The van der Waals surface area contributed by atoms with E-state index < -0.39 is 15.4 Å². The van der Waals surface area contributed by atoms with E-state index in [0.717, 1.165) is 37.1 Å². The lowest BCUT2D eigenvalue weighted by Crippen LogP contribution is -2.46. The minimum absolute atomic E-state index is 0. The number of likely N-dealkylation sites (N-methyl/N-ethyl adjacent to an activating group) is 1. The predicted molar refractivity (Wildman–Crippen MR) is 140 cm³/mol. The van der Waals surface area contributed by atoms with Gasteiger partial charge in [-0.15, -0.1) is 0 Å². The highest BCUT2D eigenvalue weighted by Crippen LogP contribution is 2.51. The Labute approximate surface area is 217 Å². The smallest absolute Gasteiger partial charge is 0.243 e. The molecule has 1 saturated carbocycles. The van der Waals surface area contributed by atoms with Gasteiger partial charge in [0.25, 0.3) is 0 Å². The van der Waals surface area contributed by atoms with E-state index in [1.807, 2.05) is 37.4 Å². The molecule has 2 aliphatic heterocycles. The van der Waals surface area contributed by atoms with Gasteiger partial charge in [-0.3, -0.25) is 4.79 Å². The molecule has 2 fully saturated rings. The number of nitrogens with one attached hydrogen (secondary N) is 1. The molecule has 3 aliphatic rings. The highest BCUT2D eigenvalue weighted by Gasteiger charge is 2.51. The normalized spacial score (nSPS) is 18.9. The molecular formula is C27H30N4O5S. The minimum Gasteiger partial charge on any atom is -0.454 e. The third kappa shape index (κ3) is 4.45. The number of anilines is 1. The summed E-state index contributed by atoms with van der Waals surface area (Å²) in [7, 11) is -1.55. The molecule has 10 heteroatoms. The Hall–Kier alpha value is -3.47. The maximum absolute atomic E-state index is 13.3. The molecule has 1 aliphatic carbocycles. The van der Waals surface area contributed by atoms with Gasteiger partial charge >= 0.3 is 0 Å². The lowest BCUT2D eigenvalue weighted by atomic mass is 9.94. The van der Waals surface area contributed by atoms with Gasteiger partial charge in [0.2, 0.25) is 22.7 Å². The standard InChI is InChI=1S/C27H28N4O5S.H2/c1-30-13-15-31(16-14-30)37(33,34)21-8-5-19(6-9-21)22-3-2-4-25(28-22)29-26(32)27(11-12-27)20-7-10-23-24(17-20)36-18-35-23;/h2-10,17H,11-16,18H2,1H3,(H,28,29,32);1H. The van der Waals surface area contributed by atoms with Gasteiger partial charge in [0.15, 0.2) is 11.5 Å². The molecule has 1 saturated heterocycles. The Kier molecular flexibility index (Phi) is 5.89. The van der Waals surface area contributed by atoms with Crippen LogP contribution in [-0.2, 0) is 20.2 Å². The first kappa shape index (κ1) is 23.9. The average Bonchev–Trinajstić information content (AvgIpc) is 3.60. The summed E-state index contributed by atoms with van der Waals surface area (Å²) in [4.78, 5) is 20.3. The van der Waals surface area contributed by atoms with Crippen molar-refractivity contribution in [2.24, 2.45) is 0 Å². The molecule has 3 aromatic rings. The summed E-state index contributed by atoms with van der Waals surface area (Å²) in [5.41, 5.74) is 1.72. The van der Waals surface area contributed by atoms with Gasteiger partial charge in [0, 0.05) is 33.2 Å². The number of benzene rings is 2. The number of sulfonamides is 1. The first-order valence-electron chi connectivity index (χ1n) is 12.3. The summed E-state index contributed by atoms with van der Waals surface area (Å²) in [6.07, 6.45) is 1.50. The van der Waals surface area contributed by atoms with Crippen LogP contribution in [0.5, 0.6) is 11.5 Å². The van der Waals surface area contributed by atoms with Gasteiger partial charge < -0.3 is 19.7 Å². The van der Waals surface area contributed by atoms with Crippen LogP contribution in [0.15, 0.2) is 65.6 Å². The Morgan fingerprint density at radius 1 is 0.973 bits per heavy atom. The van der Waals surface area contributed by atoms with Crippen molar-refractivity contribution in [3.05, 3.63) is 66.2 Å². The van der Waals surface area contributed by atoms with E-state index in [9.17, 15) is 13.2 Å². The maximum Gasteiger partial charge on any atom is 0.243 e. The molecule has 0 atom stereocenters. The third-order valence-corrected chi connectivity index (χ3v) is 9.26. The molecule has 0 bridgehead atoms. The van der Waals surface area contributed by atoms with Crippen LogP contribution >= 0.6 is 0 Å². The minimum atomic E-state index is -3.54. The van der Waals surface area contributed by atoms with E-state index in [-0.39, 0.29) is 19.0 Å². The second-order valence-corrected chi connectivity index (χ2v) is 11.7. The SMILES string of the molecule is CN1CCN(S(=O)(=O)c2ccc(-c3cccc(NC(=O)C4(c5ccc6c(c5)OCO6)CC4)n3)cc2)CC1.[HH]. The molecule has 0 spiro atoms. The van der Waals surface area contributed by atoms with Crippen molar-refractivity contribution in [3.8, 4) is 22.8 Å². The maximum atomic E-state index is 13.3. The number of carbonyl (C=O) groups excluding carboxylic acids is 1. The molecule has 37 heavy (non-hydrogen) atoms. The highest BCUT2D eigenvalue weighted by molar-refractivity contribution is 7.89. The van der Waals surface area contributed by atoms with E-state index in [4.69, 9.17) is 9.47 Å². The number of carbonyl (C=O) groups is 1. The number of fused-ring (bicyclic) bond motifs is 1. The van der Waals surface area contributed by atoms with Crippen molar-refractivity contribution in [1.82, 2.24) is 14.2 Å². The van der Waals surface area contributed by atoms with Crippen molar-refractivity contribution in [1.29, 1.82) is 0 Å². The summed E-state index contributed by atoms with van der Waals surface area (Å²) < 4.78 is 38.5. The second kappa shape index (κ2) is 9.13. The first-order valence-corrected chi connectivity index (χ1v) is 13.8. The molecule has 1 aromatic heterocycles.